The molecule has 0 spiro atoms. The average molecular weight is 302 g/mol. The van der Waals surface area contributed by atoms with Crippen LogP contribution in [0.4, 0.5) is 4.79 Å². The number of carbonyl (C=O) groups excluding carboxylic acids is 1. The molecule has 1 aliphatic rings. The second-order valence-electron chi connectivity index (χ2n) is 5.26. The molecule has 3 rings (SSSR count). The first-order chi connectivity index (χ1) is 10.2. The lowest BCUT2D eigenvalue weighted by atomic mass is 10.1. The molecule has 2 amide bonds. The van der Waals surface area contributed by atoms with E-state index in [1.54, 1.807) is 12.4 Å². The van der Waals surface area contributed by atoms with Crippen LogP contribution in [0, 0.1) is 0 Å². The zero-order chi connectivity index (χ0) is 14.7. The summed E-state index contributed by atoms with van der Waals surface area (Å²) in [6.07, 6.45) is 5.36. The van der Waals surface area contributed by atoms with Gasteiger partial charge in [0.05, 0.1) is 5.54 Å². The van der Waals surface area contributed by atoms with Crippen LogP contribution in [-0.4, -0.2) is 11.0 Å². The SMILES string of the molecule is O=C(NCc1cccnc1)NC1(c2ccc(Cl)cc2)CC1. The standard InChI is InChI=1S/C16H16ClN3O/c17-14-5-3-13(4-6-14)16(7-8-16)20-15(21)19-11-12-2-1-9-18-10-12/h1-6,9-10H,7-8,11H2,(H2,19,20,21). The maximum atomic E-state index is 12.0. The molecule has 0 saturated heterocycles. The average Bonchev–Trinajstić information content (AvgIpc) is 3.27. The van der Waals surface area contributed by atoms with Gasteiger partial charge in [-0.25, -0.2) is 4.79 Å². The minimum absolute atomic E-state index is 0.161. The zero-order valence-electron chi connectivity index (χ0n) is 11.5. The molecule has 5 heteroatoms. The van der Waals surface area contributed by atoms with Gasteiger partial charge in [0.25, 0.3) is 0 Å². The predicted molar refractivity (Wildman–Crippen MR) is 82.0 cm³/mol. The van der Waals surface area contributed by atoms with Gasteiger partial charge < -0.3 is 10.6 Å². The van der Waals surface area contributed by atoms with E-state index in [-0.39, 0.29) is 11.6 Å². The van der Waals surface area contributed by atoms with Crippen molar-refractivity contribution < 1.29 is 4.79 Å². The van der Waals surface area contributed by atoms with Gasteiger partial charge in [0, 0.05) is 24.0 Å². The van der Waals surface area contributed by atoms with Crippen molar-refractivity contribution in [3.63, 3.8) is 0 Å². The Hall–Kier alpha value is -2.07. The van der Waals surface area contributed by atoms with E-state index in [0.717, 1.165) is 24.0 Å². The van der Waals surface area contributed by atoms with Gasteiger partial charge in [-0.2, -0.15) is 0 Å². The summed E-state index contributed by atoms with van der Waals surface area (Å²) in [5, 5.41) is 6.62. The summed E-state index contributed by atoms with van der Waals surface area (Å²) >= 11 is 5.90. The van der Waals surface area contributed by atoms with Crippen LogP contribution in [0.1, 0.15) is 24.0 Å². The first kappa shape index (κ1) is 13.9. The molecule has 1 saturated carbocycles. The molecule has 1 heterocycles. The van der Waals surface area contributed by atoms with Crippen molar-refractivity contribution in [1.82, 2.24) is 15.6 Å². The molecule has 0 unspecified atom stereocenters. The highest BCUT2D eigenvalue weighted by molar-refractivity contribution is 6.30. The monoisotopic (exact) mass is 301 g/mol. The van der Waals surface area contributed by atoms with Crippen molar-refractivity contribution in [1.29, 1.82) is 0 Å². The van der Waals surface area contributed by atoms with Crippen molar-refractivity contribution in [3.8, 4) is 0 Å². The first-order valence-corrected chi connectivity index (χ1v) is 7.27. The molecular weight excluding hydrogens is 286 g/mol. The van der Waals surface area contributed by atoms with Gasteiger partial charge in [-0.15, -0.1) is 0 Å². The van der Waals surface area contributed by atoms with Crippen LogP contribution in [0.15, 0.2) is 48.8 Å². The minimum atomic E-state index is -0.233. The van der Waals surface area contributed by atoms with E-state index in [9.17, 15) is 4.79 Å². The maximum Gasteiger partial charge on any atom is 0.315 e. The van der Waals surface area contributed by atoms with Crippen molar-refractivity contribution in [2.75, 3.05) is 0 Å². The molecule has 1 fully saturated rings. The normalized spacial score (nSPS) is 15.3. The summed E-state index contributed by atoms with van der Waals surface area (Å²) in [5.74, 6) is 0. The van der Waals surface area contributed by atoms with E-state index in [1.807, 2.05) is 36.4 Å². The summed E-state index contributed by atoms with van der Waals surface area (Å²) < 4.78 is 0. The first-order valence-electron chi connectivity index (χ1n) is 6.89. The van der Waals surface area contributed by atoms with Crippen LogP contribution in [0.2, 0.25) is 5.02 Å². The molecule has 1 aliphatic carbocycles. The second-order valence-corrected chi connectivity index (χ2v) is 5.69. The zero-order valence-corrected chi connectivity index (χ0v) is 12.2. The largest absolute Gasteiger partial charge is 0.334 e. The van der Waals surface area contributed by atoms with Crippen molar-refractivity contribution in [2.24, 2.45) is 0 Å². The van der Waals surface area contributed by atoms with Crippen molar-refractivity contribution in [3.05, 3.63) is 64.9 Å². The Bertz CT molecular complexity index is 624. The van der Waals surface area contributed by atoms with E-state index >= 15 is 0 Å². The van der Waals surface area contributed by atoms with Gasteiger partial charge in [-0.3, -0.25) is 4.98 Å². The van der Waals surface area contributed by atoms with Crippen LogP contribution < -0.4 is 10.6 Å². The van der Waals surface area contributed by atoms with Gasteiger partial charge in [-0.05, 0) is 42.2 Å². The molecule has 2 aromatic rings. The van der Waals surface area contributed by atoms with Crippen LogP contribution in [0.5, 0.6) is 0 Å². The molecule has 4 nitrogen and oxygen atoms in total. The summed E-state index contributed by atoms with van der Waals surface area (Å²) in [6.45, 7) is 0.469. The van der Waals surface area contributed by atoms with E-state index < -0.39 is 0 Å². The summed E-state index contributed by atoms with van der Waals surface area (Å²) in [5.41, 5.74) is 1.84. The Balaban J connectivity index is 1.58. The highest BCUT2D eigenvalue weighted by Crippen LogP contribution is 2.45. The van der Waals surface area contributed by atoms with Crippen LogP contribution in [-0.2, 0) is 12.1 Å². The van der Waals surface area contributed by atoms with Gasteiger partial charge in [0.2, 0.25) is 0 Å². The number of pyridine rings is 1. The lowest BCUT2D eigenvalue weighted by molar-refractivity contribution is 0.235. The molecule has 0 atom stereocenters. The molecule has 1 aromatic heterocycles. The number of benzene rings is 1. The van der Waals surface area contributed by atoms with Gasteiger partial charge in [0.1, 0.15) is 0 Å². The number of hydrogen-bond donors (Lipinski definition) is 2. The molecule has 1 aromatic carbocycles. The highest BCUT2D eigenvalue weighted by Gasteiger charge is 2.45. The van der Waals surface area contributed by atoms with Crippen LogP contribution in [0.25, 0.3) is 0 Å². The third-order valence-electron chi connectivity index (χ3n) is 3.68. The molecule has 108 valence electrons. The summed E-state index contributed by atoms with van der Waals surface area (Å²) in [4.78, 5) is 16.1. The number of urea groups is 1. The van der Waals surface area contributed by atoms with E-state index in [0.29, 0.717) is 11.6 Å². The van der Waals surface area contributed by atoms with E-state index in [1.165, 1.54) is 0 Å². The molecule has 0 aliphatic heterocycles. The third-order valence-corrected chi connectivity index (χ3v) is 3.93. The molecule has 0 bridgehead atoms. The number of nitrogens with zero attached hydrogens (tertiary/aromatic N) is 1. The van der Waals surface area contributed by atoms with Gasteiger partial charge in [-0.1, -0.05) is 29.8 Å². The Labute approximate surface area is 128 Å². The van der Waals surface area contributed by atoms with Gasteiger partial charge in [0.15, 0.2) is 0 Å². The van der Waals surface area contributed by atoms with Gasteiger partial charge >= 0.3 is 6.03 Å². The summed E-state index contributed by atoms with van der Waals surface area (Å²) in [7, 11) is 0. The molecule has 2 N–H and O–H groups in total. The fourth-order valence-corrected chi connectivity index (χ4v) is 2.45. The van der Waals surface area contributed by atoms with E-state index in [2.05, 4.69) is 15.6 Å². The van der Waals surface area contributed by atoms with Crippen molar-refractivity contribution >= 4 is 17.6 Å². The fraction of sp³-hybridized carbons (Fsp3) is 0.250. The Morgan fingerprint density at radius 3 is 2.62 bits per heavy atom. The molecule has 21 heavy (non-hydrogen) atoms. The molecular formula is C16H16ClN3O. The Morgan fingerprint density at radius 2 is 2.00 bits per heavy atom. The van der Waals surface area contributed by atoms with E-state index in [4.69, 9.17) is 11.6 Å². The predicted octanol–water partition coefficient (Wildman–Crippen LogP) is 3.22. The Morgan fingerprint density at radius 1 is 1.24 bits per heavy atom. The fourth-order valence-electron chi connectivity index (χ4n) is 2.33. The number of carbonyl (C=O) groups is 1. The number of halogens is 1. The second kappa shape index (κ2) is 5.74. The third kappa shape index (κ3) is 3.34. The number of nitrogens with one attached hydrogen (secondary N) is 2. The number of aromatic nitrogens is 1. The number of amides is 2. The molecule has 0 radical (unpaired) electrons. The van der Waals surface area contributed by atoms with Crippen LogP contribution >= 0.6 is 11.6 Å². The maximum absolute atomic E-state index is 12.0. The lowest BCUT2D eigenvalue weighted by Crippen LogP contribution is -2.41. The highest BCUT2D eigenvalue weighted by atomic mass is 35.5. The van der Waals surface area contributed by atoms with Crippen molar-refractivity contribution in [2.45, 2.75) is 24.9 Å². The van der Waals surface area contributed by atoms with Crippen LogP contribution in [0.3, 0.4) is 0 Å². The summed E-state index contributed by atoms with van der Waals surface area (Å²) in [6, 6.07) is 11.3. The Kier molecular flexibility index (Phi) is 3.80. The quantitative estimate of drug-likeness (QED) is 0.911. The minimum Gasteiger partial charge on any atom is -0.334 e. The number of hydrogen-bond acceptors (Lipinski definition) is 2. The topological polar surface area (TPSA) is 54.0 Å². The lowest BCUT2D eigenvalue weighted by Gasteiger charge is -2.18. The smallest absolute Gasteiger partial charge is 0.315 e. The number of rotatable bonds is 4.